The van der Waals surface area contributed by atoms with Crippen LogP contribution in [0.2, 0.25) is 0 Å². The van der Waals surface area contributed by atoms with E-state index < -0.39 is 0 Å². The van der Waals surface area contributed by atoms with Crippen molar-refractivity contribution in [1.29, 1.82) is 0 Å². The Balaban J connectivity index is 1.20. The molecular weight excluding hydrogens is 456 g/mol. The largest absolute Gasteiger partial charge is 0.0760 e. The number of benzene rings is 6. The fourth-order valence-electron chi connectivity index (χ4n) is 6.43. The van der Waals surface area contributed by atoms with E-state index in [9.17, 15) is 0 Å². The van der Waals surface area contributed by atoms with Crippen LogP contribution in [0, 0.1) is 5.92 Å². The highest BCUT2D eigenvalue weighted by atomic mass is 14.3. The number of rotatable bonds is 2. The maximum atomic E-state index is 2.39. The smallest absolute Gasteiger partial charge is 0.00684 e. The van der Waals surface area contributed by atoms with Gasteiger partial charge in [0.2, 0.25) is 0 Å². The third-order valence-electron chi connectivity index (χ3n) is 8.34. The molecule has 0 amide bonds. The molecule has 2 aliphatic rings. The predicted octanol–water partition coefficient (Wildman–Crippen LogP) is 8.35. The summed E-state index contributed by atoms with van der Waals surface area (Å²) in [5.74, 6) is 0.472. The molecule has 0 nitrogen and oxygen atoms in total. The van der Waals surface area contributed by atoms with Crippen LogP contribution in [0.15, 0.2) is 127 Å². The van der Waals surface area contributed by atoms with Gasteiger partial charge in [-0.25, -0.2) is 0 Å². The standard InChI is InChI=1S/C38H26/c1-3-9-34-25(6-1)8-5-11-35(34)32-19-17-29-22-28(15-16-30(29)23-32)31-20-21-37-33(24-31)18-14-27-13-12-26-7-2-4-10-36(26)38(27)37/h1-12,14-24,27H,13H2. The molecule has 0 radical (unpaired) electrons. The van der Waals surface area contributed by atoms with Gasteiger partial charge in [0, 0.05) is 5.92 Å². The van der Waals surface area contributed by atoms with E-state index in [2.05, 4.69) is 140 Å². The summed E-state index contributed by atoms with van der Waals surface area (Å²) < 4.78 is 0. The Morgan fingerprint density at radius 1 is 0.526 bits per heavy atom. The molecule has 0 spiro atoms. The molecule has 178 valence electrons. The Morgan fingerprint density at radius 2 is 1.26 bits per heavy atom. The zero-order valence-electron chi connectivity index (χ0n) is 21.1. The van der Waals surface area contributed by atoms with Gasteiger partial charge in [0.05, 0.1) is 0 Å². The fraction of sp³-hybridized carbons (Fsp3) is 0.0526. The van der Waals surface area contributed by atoms with Crippen molar-refractivity contribution in [3.8, 4) is 22.3 Å². The van der Waals surface area contributed by atoms with Gasteiger partial charge < -0.3 is 0 Å². The van der Waals surface area contributed by atoms with Crippen LogP contribution < -0.4 is 10.4 Å². The van der Waals surface area contributed by atoms with Crippen LogP contribution in [0.25, 0.3) is 61.5 Å². The SMILES string of the molecule is C1=CC2CC=c3ccccc3=C2c2ccc(-c3ccc4cc(-c5cccc6ccccc56)ccc4c3)cc21. The lowest BCUT2D eigenvalue weighted by Crippen LogP contribution is -2.33. The van der Waals surface area contributed by atoms with E-state index in [1.165, 1.54) is 70.9 Å². The van der Waals surface area contributed by atoms with E-state index in [1.54, 1.807) is 0 Å². The fourth-order valence-corrected chi connectivity index (χ4v) is 6.43. The van der Waals surface area contributed by atoms with Crippen molar-refractivity contribution in [1.82, 2.24) is 0 Å². The Hall–Kier alpha value is -4.68. The highest BCUT2D eigenvalue weighted by Crippen LogP contribution is 2.37. The molecule has 0 saturated carbocycles. The summed E-state index contributed by atoms with van der Waals surface area (Å²) in [6, 6.07) is 44.7. The maximum absolute atomic E-state index is 2.39. The third kappa shape index (κ3) is 3.38. The molecule has 0 saturated heterocycles. The molecule has 2 aliphatic carbocycles. The lowest BCUT2D eigenvalue weighted by atomic mass is 9.78. The van der Waals surface area contributed by atoms with Gasteiger partial charge in [-0.3, -0.25) is 0 Å². The molecule has 8 rings (SSSR count). The summed E-state index contributed by atoms with van der Waals surface area (Å²) in [7, 11) is 0. The second-order valence-corrected chi connectivity index (χ2v) is 10.5. The van der Waals surface area contributed by atoms with Crippen LogP contribution in [-0.4, -0.2) is 0 Å². The molecule has 0 bridgehead atoms. The zero-order valence-corrected chi connectivity index (χ0v) is 21.1. The molecule has 0 fully saturated rings. The Labute approximate surface area is 222 Å². The molecule has 0 aromatic heterocycles. The van der Waals surface area contributed by atoms with Crippen molar-refractivity contribution >= 4 is 39.3 Å². The molecular formula is C38H26. The quantitative estimate of drug-likeness (QED) is 0.233. The summed E-state index contributed by atoms with van der Waals surface area (Å²) in [6.45, 7) is 0. The summed E-state index contributed by atoms with van der Waals surface area (Å²) in [5.41, 5.74) is 9.25. The highest BCUT2D eigenvalue weighted by Gasteiger charge is 2.22. The Kier molecular flexibility index (Phi) is 4.75. The molecule has 0 N–H and O–H groups in total. The van der Waals surface area contributed by atoms with Gasteiger partial charge in [-0.1, -0.05) is 121 Å². The van der Waals surface area contributed by atoms with Gasteiger partial charge in [-0.05, 0) is 95.6 Å². The predicted molar refractivity (Wildman–Crippen MR) is 162 cm³/mol. The van der Waals surface area contributed by atoms with Crippen molar-refractivity contribution in [2.45, 2.75) is 6.42 Å². The van der Waals surface area contributed by atoms with E-state index >= 15 is 0 Å². The van der Waals surface area contributed by atoms with Gasteiger partial charge in [0.1, 0.15) is 0 Å². The van der Waals surface area contributed by atoms with E-state index in [0.717, 1.165) is 6.42 Å². The highest BCUT2D eigenvalue weighted by molar-refractivity contribution is 5.99. The average molecular weight is 483 g/mol. The maximum Gasteiger partial charge on any atom is 0.00684 e. The van der Waals surface area contributed by atoms with Gasteiger partial charge in [0.15, 0.2) is 0 Å². The van der Waals surface area contributed by atoms with Crippen LogP contribution >= 0.6 is 0 Å². The lowest BCUT2D eigenvalue weighted by molar-refractivity contribution is 0.860. The number of allylic oxidation sites excluding steroid dienone is 1. The molecule has 6 aromatic carbocycles. The topological polar surface area (TPSA) is 0 Å². The minimum atomic E-state index is 0.472. The van der Waals surface area contributed by atoms with E-state index in [-0.39, 0.29) is 0 Å². The van der Waals surface area contributed by atoms with E-state index in [0.29, 0.717) is 5.92 Å². The van der Waals surface area contributed by atoms with Crippen LogP contribution in [-0.2, 0) is 0 Å². The molecule has 0 aliphatic heterocycles. The van der Waals surface area contributed by atoms with Crippen molar-refractivity contribution < 1.29 is 0 Å². The lowest BCUT2D eigenvalue weighted by Gasteiger charge is -2.26. The van der Waals surface area contributed by atoms with Crippen molar-refractivity contribution in [3.63, 3.8) is 0 Å². The monoisotopic (exact) mass is 482 g/mol. The molecule has 0 heterocycles. The number of fused-ring (bicyclic) bond motifs is 6. The number of hydrogen-bond acceptors (Lipinski definition) is 0. The van der Waals surface area contributed by atoms with Crippen molar-refractivity contribution in [2.75, 3.05) is 0 Å². The molecule has 1 atom stereocenters. The second kappa shape index (κ2) is 8.43. The van der Waals surface area contributed by atoms with E-state index in [4.69, 9.17) is 0 Å². The summed E-state index contributed by atoms with van der Waals surface area (Å²) in [5, 5.41) is 7.86. The Bertz CT molecular complexity index is 2050. The van der Waals surface area contributed by atoms with E-state index in [1.807, 2.05) is 0 Å². The van der Waals surface area contributed by atoms with Gasteiger partial charge in [-0.2, -0.15) is 0 Å². The third-order valence-corrected chi connectivity index (χ3v) is 8.34. The van der Waals surface area contributed by atoms with Crippen LogP contribution in [0.3, 0.4) is 0 Å². The second-order valence-electron chi connectivity index (χ2n) is 10.5. The van der Waals surface area contributed by atoms with Crippen LogP contribution in [0.5, 0.6) is 0 Å². The molecule has 1 unspecified atom stereocenters. The Morgan fingerprint density at radius 3 is 2.21 bits per heavy atom. The molecule has 6 aromatic rings. The minimum absolute atomic E-state index is 0.472. The minimum Gasteiger partial charge on any atom is -0.0760 e. The average Bonchev–Trinajstić information content (AvgIpc) is 2.99. The van der Waals surface area contributed by atoms with Crippen LogP contribution in [0.1, 0.15) is 17.5 Å². The first-order valence-electron chi connectivity index (χ1n) is 13.5. The zero-order chi connectivity index (χ0) is 25.1. The first-order chi connectivity index (χ1) is 18.8. The van der Waals surface area contributed by atoms with Crippen molar-refractivity contribution in [3.05, 3.63) is 149 Å². The van der Waals surface area contributed by atoms with Gasteiger partial charge in [0.25, 0.3) is 0 Å². The van der Waals surface area contributed by atoms with Gasteiger partial charge in [-0.15, -0.1) is 0 Å². The van der Waals surface area contributed by atoms with Crippen molar-refractivity contribution in [2.24, 2.45) is 5.92 Å². The normalized spacial score (nSPS) is 15.6. The first-order valence-corrected chi connectivity index (χ1v) is 13.5. The summed E-state index contributed by atoms with van der Waals surface area (Å²) >= 11 is 0. The molecule has 0 heteroatoms. The first kappa shape index (κ1) is 21.4. The van der Waals surface area contributed by atoms with Gasteiger partial charge >= 0.3 is 0 Å². The summed E-state index contributed by atoms with van der Waals surface area (Å²) in [4.78, 5) is 0. The number of hydrogen-bond donors (Lipinski definition) is 0. The molecule has 38 heavy (non-hydrogen) atoms. The van der Waals surface area contributed by atoms with Crippen LogP contribution in [0.4, 0.5) is 0 Å². The summed E-state index contributed by atoms with van der Waals surface area (Å²) in [6.07, 6.45) is 8.18.